The fourth-order valence-corrected chi connectivity index (χ4v) is 4.29. The second-order valence-corrected chi connectivity index (χ2v) is 8.41. The summed E-state index contributed by atoms with van der Waals surface area (Å²) in [6.07, 6.45) is 1.75. The van der Waals surface area contributed by atoms with Gasteiger partial charge in [0.25, 0.3) is 0 Å². The van der Waals surface area contributed by atoms with Crippen molar-refractivity contribution in [2.24, 2.45) is 5.92 Å². The Hall–Kier alpha value is -2.70. The van der Waals surface area contributed by atoms with Crippen molar-refractivity contribution in [3.63, 3.8) is 0 Å². The fourth-order valence-electron chi connectivity index (χ4n) is 4.29. The van der Waals surface area contributed by atoms with Gasteiger partial charge in [-0.15, -0.1) is 0 Å². The molecule has 1 saturated heterocycles. The molecule has 2 amide bonds. The quantitative estimate of drug-likeness (QED) is 0.563. The fraction of sp³-hybridized carbons (Fsp3) is 0.417. The molecule has 6 heteroatoms. The maximum Gasteiger partial charge on any atom is 0.242 e. The molecule has 4 N–H and O–H groups in total. The molecule has 1 unspecified atom stereocenters. The highest BCUT2D eigenvalue weighted by atomic mass is 16.2. The average molecular weight is 407 g/mol. The molecule has 0 radical (unpaired) electrons. The van der Waals surface area contributed by atoms with Gasteiger partial charge in [0.05, 0.1) is 6.04 Å². The van der Waals surface area contributed by atoms with Crippen LogP contribution in [0.5, 0.6) is 0 Å². The molecule has 1 fully saturated rings. The molecule has 0 spiro atoms. The maximum atomic E-state index is 12.6. The van der Waals surface area contributed by atoms with E-state index >= 15 is 0 Å². The molecule has 0 aliphatic carbocycles. The number of benzene rings is 2. The van der Waals surface area contributed by atoms with Crippen LogP contribution in [0.3, 0.4) is 0 Å². The third-order valence-electron chi connectivity index (χ3n) is 6.03. The van der Waals surface area contributed by atoms with Gasteiger partial charge >= 0.3 is 0 Å². The lowest BCUT2D eigenvalue weighted by Crippen LogP contribution is -2.49. The average Bonchev–Trinajstić information content (AvgIpc) is 3.41. The summed E-state index contributed by atoms with van der Waals surface area (Å²) in [7, 11) is 0. The van der Waals surface area contributed by atoms with Crippen LogP contribution in [0.4, 0.5) is 0 Å². The minimum absolute atomic E-state index is 0.100. The highest BCUT2D eigenvalue weighted by molar-refractivity contribution is 5.89. The largest absolute Gasteiger partial charge is 0.350 e. The Balaban J connectivity index is 1.21. The monoisotopic (exact) mass is 406 g/mol. The lowest BCUT2D eigenvalue weighted by Gasteiger charge is -2.17. The Morgan fingerprint density at radius 3 is 2.70 bits per heavy atom. The molecule has 2 aromatic carbocycles. The van der Waals surface area contributed by atoms with Crippen LogP contribution in [0.1, 0.15) is 35.6 Å². The highest BCUT2D eigenvalue weighted by Gasteiger charge is 2.30. The first-order valence-corrected chi connectivity index (χ1v) is 10.8. The standard InChI is InChI=1S/C24H30N4O2/c1-16(23(29)27-12-18-7-8-20-14-25-15-21(20)10-18)28-24(30)22-11-19(13-26-22)9-17-5-3-2-4-6-17/h2-8,10,16,19,22,25-26H,9,11-15H2,1H3,(H,27,29)(H,28,30)/t16?,19-,22+/m0/s1. The Bertz CT molecular complexity index is 899. The topological polar surface area (TPSA) is 82.3 Å². The molecule has 2 aromatic rings. The molecule has 0 aromatic heterocycles. The minimum Gasteiger partial charge on any atom is -0.350 e. The van der Waals surface area contributed by atoms with Gasteiger partial charge in [-0.2, -0.15) is 0 Å². The van der Waals surface area contributed by atoms with Crippen LogP contribution in [-0.2, 0) is 35.6 Å². The molecular formula is C24H30N4O2. The number of amides is 2. The number of hydrogen-bond acceptors (Lipinski definition) is 4. The van der Waals surface area contributed by atoms with E-state index in [1.165, 1.54) is 16.7 Å². The van der Waals surface area contributed by atoms with Crippen LogP contribution >= 0.6 is 0 Å². The van der Waals surface area contributed by atoms with E-state index in [1.54, 1.807) is 6.92 Å². The van der Waals surface area contributed by atoms with E-state index in [9.17, 15) is 9.59 Å². The first kappa shape index (κ1) is 20.6. The van der Waals surface area contributed by atoms with Gasteiger partial charge in [-0.05, 0) is 54.5 Å². The molecule has 2 aliphatic heterocycles. The van der Waals surface area contributed by atoms with Crippen LogP contribution in [0.15, 0.2) is 48.5 Å². The van der Waals surface area contributed by atoms with E-state index in [-0.39, 0.29) is 17.9 Å². The molecule has 2 heterocycles. The van der Waals surface area contributed by atoms with Crippen molar-refractivity contribution < 1.29 is 9.59 Å². The summed E-state index contributed by atoms with van der Waals surface area (Å²) in [6.45, 7) is 4.81. The molecule has 0 saturated carbocycles. The molecule has 0 bridgehead atoms. The summed E-state index contributed by atoms with van der Waals surface area (Å²) in [5.74, 6) is 0.166. The first-order valence-electron chi connectivity index (χ1n) is 10.8. The Labute approximate surface area is 177 Å². The second-order valence-electron chi connectivity index (χ2n) is 8.41. The van der Waals surface area contributed by atoms with Crippen molar-refractivity contribution in [1.29, 1.82) is 0 Å². The summed E-state index contributed by atoms with van der Waals surface area (Å²) in [5.41, 5.74) is 4.98. The second kappa shape index (κ2) is 9.41. The van der Waals surface area contributed by atoms with Crippen LogP contribution < -0.4 is 21.3 Å². The predicted octanol–water partition coefficient (Wildman–Crippen LogP) is 1.63. The van der Waals surface area contributed by atoms with Gasteiger partial charge in [-0.3, -0.25) is 9.59 Å². The number of rotatable bonds is 7. The number of hydrogen-bond donors (Lipinski definition) is 4. The Morgan fingerprint density at radius 2 is 1.87 bits per heavy atom. The molecule has 30 heavy (non-hydrogen) atoms. The van der Waals surface area contributed by atoms with Gasteiger partial charge < -0.3 is 21.3 Å². The van der Waals surface area contributed by atoms with E-state index in [4.69, 9.17) is 0 Å². The van der Waals surface area contributed by atoms with Crippen molar-refractivity contribution in [1.82, 2.24) is 21.3 Å². The van der Waals surface area contributed by atoms with Gasteiger partial charge in [-0.25, -0.2) is 0 Å². The van der Waals surface area contributed by atoms with Crippen molar-refractivity contribution in [2.75, 3.05) is 6.54 Å². The molecule has 6 nitrogen and oxygen atoms in total. The molecule has 3 atom stereocenters. The summed E-state index contributed by atoms with van der Waals surface area (Å²) in [6, 6.07) is 15.8. The predicted molar refractivity (Wildman–Crippen MR) is 116 cm³/mol. The van der Waals surface area contributed by atoms with Gasteiger partial charge in [-0.1, -0.05) is 48.5 Å². The first-order chi connectivity index (χ1) is 14.6. The van der Waals surface area contributed by atoms with E-state index in [2.05, 4.69) is 45.5 Å². The van der Waals surface area contributed by atoms with Crippen LogP contribution in [-0.4, -0.2) is 30.4 Å². The van der Waals surface area contributed by atoms with E-state index < -0.39 is 6.04 Å². The Morgan fingerprint density at radius 1 is 1.07 bits per heavy atom. The zero-order chi connectivity index (χ0) is 20.9. The maximum absolute atomic E-state index is 12.6. The summed E-state index contributed by atoms with van der Waals surface area (Å²) in [4.78, 5) is 25.0. The van der Waals surface area contributed by atoms with Crippen molar-refractivity contribution >= 4 is 11.8 Å². The molecule has 4 rings (SSSR count). The van der Waals surface area contributed by atoms with Crippen molar-refractivity contribution in [3.05, 3.63) is 70.8 Å². The summed E-state index contributed by atoms with van der Waals surface area (Å²) >= 11 is 0. The zero-order valence-corrected chi connectivity index (χ0v) is 17.4. The van der Waals surface area contributed by atoms with Gasteiger partial charge in [0.1, 0.15) is 6.04 Å². The smallest absolute Gasteiger partial charge is 0.242 e. The van der Waals surface area contributed by atoms with Crippen LogP contribution in [0.2, 0.25) is 0 Å². The number of fused-ring (bicyclic) bond motifs is 1. The number of carbonyl (C=O) groups is 2. The Kier molecular flexibility index (Phi) is 6.45. The highest BCUT2D eigenvalue weighted by Crippen LogP contribution is 2.19. The third kappa shape index (κ3) is 5.07. The van der Waals surface area contributed by atoms with Gasteiger partial charge in [0.2, 0.25) is 11.8 Å². The van der Waals surface area contributed by atoms with Crippen molar-refractivity contribution in [3.8, 4) is 0 Å². The zero-order valence-electron chi connectivity index (χ0n) is 17.4. The van der Waals surface area contributed by atoms with Crippen LogP contribution in [0.25, 0.3) is 0 Å². The van der Waals surface area contributed by atoms with E-state index in [0.29, 0.717) is 12.5 Å². The van der Waals surface area contributed by atoms with E-state index in [1.807, 2.05) is 24.3 Å². The normalized spacial score (nSPS) is 21.1. The van der Waals surface area contributed by atoms with E-state index in [0.717, 1.165) is 38.0 Å². The summed E-state index contributed by atoms with van der Waals surface area (Å²) in [5, 5.41) is 12.4. The SMILES string of the molecule is CC(NC(=O)[C@H]1C[C@H](Cc2ccccc2)CN1)C(=O)NCc1ccc2c(c1)CNC2. The van der Waals surface area contributed by atoms with Gasteiger partial charge in [0.15, 0.2) is 0 Å². The molecule has 158 valence electrons. The summed E-state index contributed by atoms with van der Waals surface area (Å²) < 4.78 is 0. The molecule has 2 aliphatic rings. The third-order valence-corrected chi connectivity index (χ3v) is 6.03. The van der Waals surface area contributed by atoms with Crippen LogP contribution in [0, 0.1) is 5.92 Å². The minimum atomic E-state index is -0.566. The van der Waals surface area contributed by atoms with Crippen molar-refractivity contribution in [2.45, 2.75) is 51.5 Å². The number of nitrogens with one attached hydrogen (secondary N) is 4. The van der Waals surface area contributed by atoms with Gasteiger partial charge in [0, 0.05) is 19.6 Å². The molecular weight excluding hydrogens is 376 g/mol. The number of carbonyl (C=O) groups excluding carboxylic acids is 2. The lowest BCUT2D eigenvalue weighted by atomic mass is 9.96. The lowest BCUT2D eigenvalue weighted by molar-refractivity contribution is -0.129.